The Bertz CT molecular complexity index is 940. The molecule has 3 aliphatic rings. The van der Waals surface area contributed by atoms with Crippen molar-refractivity contribution < 1.29 is 9.90 Å². The molecule has 2 aromatic rings. The molecule has 0 amide bonds. The van der Waals surface area contributed by atoms with Crippen LogP contribution in [0, 0.1) is 5.41 Å². The Labute approximate surface area is 165 Å². The van der Waals surface area contributed by atoms with Crippen LogP contribution in [0.2, 0.25) is 0 Å². The second-order valence-corrected chi connectivity index (χ2v) is 8.25. The Morgan fingerprint density at radius 2 is 1.64 bits per heavy atom. The van der Waals surface area contributed by atoms with Gasteiger partial charge in [-0.1, -0.05) is 42.5 Å². The van der Waals surface area contributed by atoms with Crippen molar-refractivity contribution in [1.82, 2.24) is 9.80 Å². The first-order valence-corrected chi connectivity index (χ1v) is 10.1. The second kappa shape index (κ2) is 6.74. The summed E-state index contributed by atoms with van der Waals surface area (Å²) in [4.78, 5) is 21.3. The average Bonchev–Trinajstić information content (AvgIpc) is 3.51. The van der Waals surface area contributed by atoms with Gasteiger partial charge in [-0.05, 0) is 30.0 Å². The fraction of sp³-hybridized carbons (Fsp3) is 0.391. The second-order valence-electron chi connectivity index (χ2n) is 8.25. The SMILES string of the molecule is O=C(O)C1(CN2CCN(C3=Nc4ccccc4Cc4ccccc43)CC2)CC1. The van der Waals surface area contributed by atoms with Crippen molar-refractivity contribution in [3.8, 4) is 0 Å². The van der Waals surface area contributed by atoms with Crippen LogP contribution in [0.25, 0.3) is 0 Å². The number of aliphatic imine (C=N–C) groups is 1. The summed E-state index contributed by atoms with van der Waals surface area (Å²) >= 11 is 0. The Hall–Kier alpha value is -2.66. The first-order valence-electron chi connectivity index (χ1n) is 10.1. The standard InChI is InChI=1S/C23H25N3O2/c27-22(28)23(9-10-23)16-25-11-13-26(14-12-25)21-19-7-3-1-5-17(19)15-18-6-2-4-8-20(18)24-21/h1-8H,9-16H2,(H,27,28). The van der Waals surface area contributed by atoms with Crippen LogP contribution in [-0.2, 0) is 11.2 Å². The van der Waals surface area contributed by atoms with Gasteiger partial charge in [0.25, 0.3) is 0 Å². The van der Waals surface area contributed by atoms with E-state index in [0.717, 1.165) is 57.0 Å². The number of fused-ring (bicyclic) bond motifs is 2. The molecule has 1 N–H and O–H groups in total. The van der Waals surface area contributed by atoms with Crippen LogP contribution < -0.4 is 0 Å². The Balaban J connectivity index is 1.39. The number of carboxylic acids is 1. The molecular weight excluding hydrogens is 350 g/mol. The zero-order valence-corrected chi connectivity index (χ0v) is 16.0. The molecule has 28 heavy (non-hydrogen) atoms. The van der Waals surface area contributed by atoms with Gasteiger partial charge in [0, 0.05) is 44.7 Å². The lowest BCUT2D eigenvalue weighted by atomic mass is 9.99. The molecule has 0 radical (unpaired) electrons. The number of hydrogen-bond donors (Lipinski definition) is 1. The summed E-state index contributed by atoms with van der Waals surface area (Å²) in [5, 5.41) is 9.47. The molecule has 5 rings (SSSR count). The molecule has 1 aliphatic carbocycles. The first-order chi connectivity index (χ1) is 13.6. The number of para-hydroxylation sites is 1. The van der Waals surface area contributed by atoms with E-state index >= 15 is 0 Å². The van der Waals surface area contributed by atoms with Gasteiger partial charge in [-0.25, -0.2) is 4.99 Å². The maximum Gasteiger partial charge on any atom is 0.310 e. The van der Waals surface area contributed by atoms with Crippen LogP contribution in [0.3, 0.4) is 0 Å². The number of carboxylic acid groups (broad SMARTS) is 1. The van der Waals surface area contributed by atoms with Crippen molar-refractivity contribution >= 4 is 17.5 Å². The molecule has 144 valence electrons. The lowest BCUT2D eigenvalue weighted by Crippen LogP contribution is -2.51. The molecule has 2 aromatic carbocycles. The quantitative estimate of drug-likeness (QED) is 0.895. The predicted molar refractivity (Wildman–Crippen MR) is 109 cm³/mol. The highest BCUT2D eigenvalue weighted by atomic mass is 16.4. The van der Waals surface area contributed by atoms with E-state index in [1.807, 2.05) is 0 Å². The summed E-state index contributed by atoms with van der Waals surface area (Å²) < 4.78 is 0. The number of benzene rings is 2. The Morgan fingerprint density at radius 1 is 0.964 bits per heavy atom. The number of aliphatic carboxylic acids is 1. The van der Waals surface area contributed by atoms with E-state index in [1.54, 1.807) is 0 Å². The molecule has 5 heteroatoms. The highest BCUT2D eigenvalue weighted by Gasteiger charge is 2.51. The van der Waals surface area contributed by atoms with Gasteiger partial charge >= 0.3 is 5.97 Å². The fourth-order valence-corrected chi connectivity index (χ4v) is 4.42. The summed E-state index contributed by atoms with van der Waals surface area (Å²) in [5.74, 6) is 0.424. The van der Waals surface area contributed by atoms with Crippen molar-refractivity contribution in [2.24, 2.45) is 10.4 Å². The van der Waals surface area contributed by atoms with Gasteiger partial charge in [-0.15, -0.1) is 0 Å². The minimum atomic E-state index is -0.631. The molecule has 2 fully saturated rings. The van der Waals surface area contributed by atoms with E-state index in [9.17, 15) is 9.90 Å². The van der Waals surface area contributed by atoms with E-state index in [-0.39, 0.29) is 0 Å². The summed E-state index contributed by atoms with van der Waals surface area (Å²) in [6, 6.07) is 17.0. The Morgan fingerprint density at radius 3 is 2.36 bits per heavy atom. The van der Waals surface area contributed by atoms with E-state index < -0.39 is 11.4 Å². The predicted octanol–water partition coefficient (Wildman–Crippen LogP) is 3.15. The van der Waals surface area contributed by atoms with E-state index in [0.29, 0.717) is 6.54 Å². The third-order valence-electron chi connectivity index (χ3n) is 6.36. The van der Waals surface area contributed by atoms with Crippen LogP contribution >= 0.6 is 0 Å². The van der Waals surface area contributed by atoms with Crippen LogP contribution in [0.5, 0.6) is 0 Å². The molecule has 0 spiro atoms. The van der Waals surface area contributed by atoms with Crippen molar-refractivity contribution in [3.05, 3.63) is 65.2 Å². The van der Waals surface area contributed by atoms with Crippen molar-refractivity contribution in [2.45, 2.75) is 19.3 Å². The van der Waals surface area contributed by atoms with Gasteiger partial charge in [0.1, 0.15) is 5.84 Å². The summed E-state index contributed by atoms with van der Waals surface area (Å²) in [6.45, 7) is 4.22. The van der Waals surface area contributed by atoms with Crippen molar-refractivity contribution in [3.63, 3.8) is 0 Å². The maximum atomic E-state index is 11.5. The summed E-state index contributed by atoms with van der Waals surface area (Å²) in [6.07, 6.45) is 2.54. The molecule has 0 aromatic heterocycles. The minimum Gasteiger partial charge on any atom is -0.481 e. The summed E-state index contributed by atoms with van der Waals surface area (Å²) in [7, 11) is 0. The van der Waals surface area contributed by atoms with Gasteiger partial charge in [0.2, 0.25) is 0 Å². The number of piperazine rings is 1. The highest BCUT2D eigenvalue weighted by Crippen LogP contribution is 2.46. The van der Waals surface area contributed by atoms with Crippen LogP contribution in [0.4, 0.5) is 5.69 Å². The lowest BCUT2D eigenvalue weighted by Gasteiger charge is -2.37. The zero-order valence-electron chi connectivity index (χ0n) is 16.0. The normalized spacial score (nSPS) is 20.6. The van der Waals surface area contributed by atoms with Gasteiger partial charge in [-0.3, -0.25) is 9.69 Å². The van der Waals surface area contributed by atoms with Gasteiger partial charge in [0.05, 0.1) is 11.1 Å². The van der Waals surface area contributed by atoms with Crippen molar-refractivity contribution in [2.75, 3.05) is 32.7 Å². The van der Waals surface area contributed by atoms with Crippen molar-refractivity contribution in [1.29, 1.82) is 0 Å². The molecule has 0 unspecified atom stereocenters. The third kappa shape index (κ3) is 3.10. The van der Waals surface area contributed by atoms with E-state index in [4.69, 9.17) is 4.99 Å². The number of nitrogens with zero attached hydrogens (tertiary/aromatic N) is 3. The highest BCUT2D eigenvalue weighted by molar-refractivity contribution is 6.02. The zero-order chi connectivity index (χ0) is 19.1. The van der Waals surface area contributed by atoms with Crippen LogP contribution in [-0.4, -0.2) is 59.4 Å². The monoisotopic (exact) mass is 375 g/mol. The average molecular weight is 375 g/mol. The molecule has 2 heterocycles. The maximum absolute atomic E-state index is 11.5. The molecule has 0 bridgehead atoms. The smallest absolute Gasteiger partial charge is 0.310 e. The summed E-state index contributed by atoms with van der Waals surface area (Å²) in [5.41, 5.74) is 4.38. The molecule has 0 atom stereocenters. The van der Waals surface area contributed by atoms with E-state index in [2.05, 4.69) is 58.3 Å². The third-order valence-corrected chi connectivity index (χ3v) is 6.36. The van der Waals surface area contributed by atoms with Gasteiger partial charge < -0.3 is 10.0 Å². The largest absolute Gasteiger partial charge is 0.481 e. The molecule has 1 saturated heterocycles. The first kappa shape index (κ1) is 17.4. The van der Waals surface area contributed by atoms with Crippen LogP contribution in [0.1, 0.15) is 29.5 Å². The molecule has 5 nitrogen and oxygen atoms in total. The van der Waals surface area contributed by atoms with Gasteiger partial charge in [-0.2, -0.15) is 0 Å². The molecule has 1 saturated carbocycles. The number of carbonyl (C=O) groups is 1. The minimum absolute atomic E-state index is 0.479. The topological polar surface area (TPSA) is 56.1 Å². The van der Waals surface area contributed by atoms with Crippen LogP contribution in [0.15, 0.2) is 53.5 Å². The Kier molecular flexibility index (Phi) is 4.20. The number of hydrogen-bond acceptors (Lipinski definition) is 4. The van der Waals surface area contributed by atoms with E-state index in [1.165, 1.54) is 16.7 Å². The fourth-order valence-electron chi connectivity index (χ4n) is 4.42. The molecule has 2 aliphatic heterocycles. The molecular formula is C23H25N3O2. The number of amidine groups is 1. The lowest BCUT2D eigenvalue weighted by molar-refractivity contribution is -0.144. The van der Waals surface area contributed by atoms with Gasteiger partial charge in [0.15, 0.2) is 0 Å². The number of rotatable bonds is 3.